The molecule has 1 fully saturated rings. The molecule has 0 radical (unpaired) electrons. The number of hydrogen-bond acceptors (Lipinski definition) is 6. The van der Waals surface area contributed by atoms with E-state index in [2.05, 4.69) is 15.6 Å². The molecule has 1 N–H and O–H groups in total. The van der Waals surface area contributed by atoms with E-state index in [-0.39, 0.29) is 17.7 Å². The molecule has 0 aromatic carbocycles. The number of carbonyl (C=O) groups excluding carboxylic acids is 2. The molecule has 2 aromatic rings. The number of nitrogens with one attached hydrogen (secondary N) is 1. The molecule has 4 heterocycles. The molecule has 2 aliphatic heterocycles. The molecule has 0 saturated carbocycles. The first-order valence-electron chi connectivity index (χ1n) is 9.13. The largest absolute Gasteiger partial charge is 0.459 e. The predicted octanol–water partition coefficient (Wildman–Crippen LogP) is 0.958. The number of ether oxygens (including phenoxy) is 1. The first kappa shape index (κ1) is 17.7. The molecule has 4 rings (SSSR count). The number of aromatic nitrogens is 3. The maximum absolute atomic E-state index is 12.5. The lowest BCUT2D eigenvalue weighted by Gasteiger charge is -2.33. The second-order valence-electron chi connectivity index (χ2n) is 7.44. The van der Waals surface area contributed by atoms with Crippen LogP contribution in [0, 0.1) is 5.92 Å². The van der Waals surface area contributed by atoms with E-state index in [1.165, 1.54) is 6.26 Å². The van der Waals surface area contributed by atoms with Crippen LogP contribution in [0.25, 0.3) is 0 Å². The third-order valence-corrected chi connectivity index (χ3v) is 5.16. The van der Waals surface area contributed by atoms with Gasteiger partial charge in [-0.15, -0.1) is 5.10 Å². The summed E-state index contributed by atoms with van der Waals surface area (Å²) in [5.41, 5.74) is 1.14. The van der Waals surface area contributed by atoms with Crippen molar-refractivity contribution in [2.45, 2.75) is 45.6 Å². The highest BCUT2D eigenvalue weighted by molar-refractivity contribution is 5.91. The summed E-state index contributed by atoms with van der Waals surface area (Å²) in [6.07, 6.45) is 2.23. The van der Waals surface area contributed by atoms with E-state index in [4.69, 9.17) is 9.15 Å². The Bertz CT molecular complexity index is 844. The molecule has 27 heavy (non-hydrogen) atoms. The van der Waals surface area contributed by atoms with Crippen LogP contribution in [0.3, 0.4) is 0 Å². The number of furan rings is 1. The zero-order valence-corrected chi connectivity index (χ0v) is 15.5. The van der Waals surface area contributed by atoms with Crippen LogP contribution in [0.1, 0.15) is 42.2 Å². The SMILES string of the molecule is CC(C)C(=O)NCc1nnn2c1COC1(CCN(C(=O)c3ccco3)C1)C2. The van der Waals surface area contributed by atoms with E-state index in [0.29, 0.717) is 38.5 Å². The van der Waals surface area contributed by atoms with E-state index in [1.807, 2.05) is 18.5 Å². The van der Waals surface area contributed by atoms with Crippen molar-refractivity contribution in [2.75, 3.05) is 13.1 Å². The molecular weight excluding hydrogens is 350 g/mol. The van der Waals surface area contributed by atoms with E-state index >= 15 is 0 Å². The first-order valence-corrected chi connectivity index (χ1v) is 9.13. The molecule has 9 heteroatoms. The van der Waals surface area contributed by atoms with Gasteiger partial charge in [0.2, 0.25) is 5.91 Å². The number of amides is 2. The summed E-state index contributed by atoms with van der Waals surface area (Å²) in [5, 5.41) is 11.3. The average Bonchev–Trinajstić information content (AvgIpc) is 3.39. The van der Waals surface area contributed by atoms with Crippen LogP contribution in [0.15, 0.2) is 22.8 Å². The first-order chi connectivity index (χ1) is 13.0. The Morgan fingerprint density at radius 3 is 2.96 bits per heavy atom. The fourth-order valence-electron chi connectivity index (χ4n) is 3.53. The zero-order valence-electron chi connectivity index (χ0n) is 15.5. The van der Waals surface area contributed by atoms with Crippen molar-refractivity contribution in [3.05, 3.63) is 35.5 Å². The number of nitrogens with zero attached hydrogens (tertiary/aromatic N) is 4. The molecule has 2 amide bonds. The van der Waals surface area contributed by atoms with Crippen LogP contribution in [0.5, 0.6) is 0 Å². The van der Waals surface area contributed by atoms with Gasteiger partial charge in [0, 0.05) is 12.5 Å². The van der Waals surface area contributed by atoms with Gasteiger partial charge in [0.1, 0.15) is 11.3 Å². The minimum Gasteiger partial charge on any atom is -0.459 e. The normalized spacial score (nSPS) is 21.7. The minimum absolute atomic E-state index is 0.0205. The maximum atomic E-state index is 12.5. The molecule has 2 aliphatic rings. The Balaban J connectivity index is 1.42. The molecule has 1 unspecified atom stereocenters. The molecule has 1 spiro atoms. The van der Waals surface area contributed by atoms with E-state index < -0.39 is 5.60 Å². The van der Waals surface area contributed by atoms with Crippen LogP contribution in [0.4, 0.5) is 0 Å². The molecule has 144 valence electrons. The van der Waals surface area contributed by atoms with Gasteiger partial charge >= 0.3 is 0 Å². The maximum Gasteiger partial charge on any atom is 0.289 e. The average molecular weight is 373 g/mol. The summed E-state index contributed by atoms with van der Waals surface area (Å²) in [4.78, 5) is 26.0. The molecule has 9 nitrogen and oxygen atoms in total. The fraction of sp³-hybridized carbons (Fsp3) is 0.556. The summed E-state index contributed by atoms with van der Waals surface area (Å²) < 4.78 is 13.2. The van der Waals surface area contributed by atoms with Crippen molar-refractivity contribution in [1.82, 2.24) is 25.2 Å². The van der Waals surface area contributed by atoms with Gasteiger partial charge in [-0.25, -0.2) is 4.68 Å². The lowest BCUT2D eigenvalue weighted by Crippen LogP contribution is -2.45. The van der Waals surface area contributed by atoms with Gasteiger partial charge in [-0.3, -0.25) is 9.59 Å². The summed E-state index contributed by atoms with van der Waals surface area (Å²) in [7, 11) is 0. The minimum atomic E-state index is -0.457. The van der Waals surface area contributed by atoms with Crippen molar-refractivity contribution in [1.29, 1.82) is 0 Å². The third kappa shape index (κ3) is 3.34. The summed E-state index contributed by atoms with van der Waals surface area (Å²) in [6, 6.07) is 3.37. The van der Waals surface area contributed by atoms with E-state index in [0.717, 1.165) is 17.8 Å². The lowest BCUT2D eigenvalue weighted by molar-refractivity contribution is -0.124. The fourth-order valence-corrected chi connectivity index (χ4v) is 3.53. The van der Waals surface area contributed by atoms with Gasteiger partial charge in [-0.1, -0.05) is 19.1 Å². The van der Waals surface area contributed by atoms with Crippen molar-refractivity contribution >= 4 is 11.8 Å². The summed E-state index contributed by atoms with van der Waals surface area (Å²) >= 11 is 0. The number of hydrogen-bond donors (Lipinski definition) is 1. The Morgan fingerprint density at radius 2 is 2.22 bits per heavy atom. The van der Waals surface area contributed by atoms with Crippen LogP contribution in [-0.4, -0.2) is 50.4 Å². The van der Waals surface area contributed by atoms with Crippen molar-refractivity contribution in [3.8, 4) is 0 Å². The highest BCUT2D eigenvalue weighted by Gasteiger charge is 2.45. The summed E-state index contributed by atoms with van der Waals surface area (Å²) in [6.45, 7) is 6.04. The molecule has 1 atom stereocenters. The molecule has 2 aromatic heterocycles. The monoisotopic (exact) mass is 373 g/mol. The van der Waals surface area contributed by atoms with Gasteiger partial charge < -0.3 is 19.4 Å². The zero-order chi connectivity index (χ0) is 19.0. The quantitative estimate of drug-likeness (QED) is 0.856. The van der Waals surface area contributed by atoms with E-state index in [1.54, 1.807) is 17.0 Å². The Labute approximate surface area is 156 Å². The van der Waals surface area contributed by atoms with Crippen molar-refractivity contribution < 1.29 is 18.7 Å². The standard InChI is InChI=1S/C18H23N5O4/c1-12(2)16(24)19-8-13-14-9-27-18(11-23(14)21-20-13)5-6-22(10-18)17(25)15-4-3-7-26-15/h3-4,7,12H,5-6,8-11H2,1-2H3,(H,19,24). The van der Waals surface area contributed by atoms with Gasteiger partial charge in [-0.05, 0) is 18.6 Å². The second kappa shape index (κ2) is 6.80. The van der Waals surface area contributed by atoms with Crippen LogP contribution < -0.4 is 5.32 Å². The second-order valence-corrected chi connectivity index (χ2v) is 7.44. The predicted molar refractivity (Wildman–Crippen MR) is 93.5 cm³/mol. The number of fused-ring (bicyclic) bond motifs is 1. The number of likely N-dealkylation sites (tertiary alicyclic amines) is 1. The van der Waals surface area contributed by atoms with Crippen molar-refractivity contribution in [3.63, 3.8) is 0 Å². The van der Waals surface area contributed by atoms with E-state index in [9.17, 15) is 9.59 Å². The summed E-state index contributed by atoms with van der Waals surface area (Å²) in [5.74, 6) is 0.120. The molecule has 0 bridgehead atoms. The Morgan fingerprint density at radius 1 is 1.37 bits per heavy atom. The van der Waals surface area contributed by atoms with Gasteiger partial charge in [0.05, 0.1) is 38.2 Å². The van der Waals surface area contributed by atoms with Crippen molar-refractivity contribution in [2.24, 2.45) is 5.92 Å². The van der Waals surface area contributed by atoms with Crippen LogP contribution >= 0.6 is 0 Å². The van der Waals surface area contributed by atoms with Crippen LogP contribution in [-0.2, 0) is 29.2 Å². The highest BCUT2D eigenvalue weighted by Crippen LogP contribution is 2.33. The molecule has 1 saturated heterocycles. The van der Waals surface area contributed by atoms with Gasteiger partial charge in [0.25, 0.3) is 5.91 Å². The molecule has 0 aliphatic carbocycles. The smallest absolute Gasteiger partial charge is 0.289 e. The van der Waals surface area contributed by atoms with Gasteiger partial charge in [-0.2, -0.15) is 0 Å². The number of carbonyl (C=O) groups is 2. The number of rotatable bonds is 4. The topological polar surface area (TPSA) is 102 Å². The lowest BCUT2D eigenvalue weighted by atomic mass is 10.0. The van der Waals surface area contributed by atoms with Gasteiger partial charge in [0.15, 0.2) is 5.76 Å². The molecular formula is C18H23N5O4. The Kier molecular flexibility index (Phi) is 4.47. The Hall–Kier alpha value is -2.68. The third-order valence-electron chi connectivity index (χ3n) is 5.16. The van der Waals surface area contributed by atoms with Crippen LogP contribution in [0.2, 0.25) is 0 Å². The highest BCUT2D eigenvalue weighted by atomic mass is 16.5.